The summed E-state index contributed by atoms with van der Waals surface area (Å²) < 4.78 is 31.2. The molecule has 8 nitrogen and oxygen atoms in total. The standard InChI is InChI=1S/C22H27Cl2N3O5S/c1-5-19(22(29)25-2)26(13-15-6-9-17(32-3)10-7-15)21(28)14-27(33(4,30)31)20-12-16(23)8-11-18(20)24/h6-12,19H,5,13-14H2,1-4H3,(H,25,29)/t19-/m1/s1. The van der Waals surface area contributed by atoms with Crippen molar-refractivity contribution in [2.75, 3.05) is 31.3 Å². The molecule has 2 aromatic carbocycles. The first kappa shape index (κ1) is 26.8. The van der Waals surface area contributed by atoms with Gasteiger partial charge in [0, 0.05) is 18.6 Å². The number of nitrogens with zero attached hydrogens (tertiary/aromatic N) is 2. The minimum atomic E-state index is -3.90. The van der Waals surface area contributed by atoms with Gasteiger partial charge in [-0.3, -0.25) is 13.9 Å². The fourth-order valence-electron chi connectivity index (χ4n) is 3.29. The number of sulfonamides is 1. The van der Waals surface area contributed by atoms with E-state index in [4.69, 9.17) is 27.9 Å². The Morgan fingerprint density at radius 1 is 1.12 bits per heavy atom. The third kappa shape index (κ3) is 6.99. The first-order chi connectivity index (χ1) is 15.5. The lowest BCUT2D eigenvalue weighted by Gasteiger charge is -2.32. The van der Waals surface area contributed by atoms with Gasteiger partial charge in [-0.25, -0.2) is 8.42 Å². The van der Waals surface area contributed by atoms with E-state index < -0.39 is 28.5 Å². The smallest absolute Gasteiger partial charge is 0.244 e. The molecule has 0 heterocycles. The highest BCUT2D eigenvalue weighted by Crippen LogP contribution is 2.31. The normalized spacial score (nSPS) is 12.1. The van der Waals surface area contributed by atoms with Crippen LogP contribution in [0.3, 0.4) is 0 Å². The Balaban J connectivity index is 2.45. The molecule has 0 aliphatic rings. The molecule has 0 radical (unpaired) electrons. The van der Waals surface area contributed by atoms with Crippen molar-refractivity contribution in [3.05, 3.63) is 58.1 Å². The van der Waals surface area contributed by atoms with Gasteiger partial charge in [-0.1, -0.05) is 42.3 Å². The summed E-state index contributed by atoms with van der Waals surface area (Å²) in [5.74, 6) is -0.275. The van der Waals surface area contributed by atoms with E-state index in [2.05, 4.69) is 5.32 Å². The van der Waals surface area contributed by atoms with Crippen molar-refractivity contribution >= 4 is 50.7 Å². The van der Waals surface area contributed by atoms with Crippen molar-refractivity contribution < 1.29 is 22.7 Å². The van der Waals surface area contributed by atoms with Gasteiger partial charge in [0.05, 0.1) is 24.1 Å². The molecule has 0 unspecified atom stereocenters. The first-order valence-corrected chi connectivity index (χ1v) is 12.7. The van der Waals surface area contributed by atoms with Crippen molar-refractivity contribution in [1.82, 2.24) is 10.2 Å². The fourth-order valence-corrected chi connectivity index (χ4v) is 4.57. The van der Waals surface area contributed by atoms with Gasteiger partial charge in [0.25, 0.3) is 0 Å². The predicted molar refractivity (Wildman–Crippen MR) is 130 cm³/mol. The average molecular weight is 516 g/mol. The van der Waals surface area contributed by atoms with Gasteiger partial charge in [-0.2, -0.15) is 0 Å². The number of rotatable bonds is 10. The molecule has 11 heteroatoms. The van der Waals surface area contributed by atoms with E-state index in [0.717, 1.165) is 16.1 Å². The van der Waals surface area contributed by atoms with E-state index in [1.54, 1.807) is 38.3 Å². The molecule has 0 spiro atoms. The fraction of sp³-hybridized carbons (Fsp3) is 0.364. The Morgan fingerprint density at radius 3 is 2.27 bits per heavy atom. The Kier molecular flexibility index (Phi) is 9.39. The minimum Gasteiger partial charge on any atom is -0.497 e. The second kappa shape index (κ2) is 11.6. The molecule has 2 rings (SSSR count). The number of anilines is 1. The van der Waals surface area contributed by atoms with Crippen LogP contribution < -0.4 is 14.4 Å². The molecule has 2 amide bonds. The summed E-state index contributed by atoms with van der Waals surface area (Å²) >= 11 is 12.3. The lowest BCUT2D eigenvalue weighted by molar-refractivity contribution is -0.140. The van der Waals surface area contributed by atoms with Gasteiger partial charge >= 0.3 is 0 Å². The van der Waals surface area contributed by atoms with E-state index in [1.165, 1.54) is 30.1 Å². The second-order valence-corrected chi connectivity index (χ2v) is 10.0. The van der Waals surface area contributed by atoms with Crippen molar-refractivity contribution in [2.24, 2.45) is 0 Å². The highest BCUT2D eigenvalue weighted by molar-refractivity contribution is 7.92. The van der Waals surface area contributed by atoms with Crippen LogP contribution in [-0.4, -0.2) is 58.1 Å². The van der Waals surface area contributed by atoms with Crippen molar-refractivity contribution in [2.45, 2.75) is 25.9 Å². The number of hydrogen-bond acceptors (Lipinski definition) is 5. The molecule has 0 aliphatic heterocycles. The summed E-state index contributed by atoms with van der Waals surface area (Å²) in [7, 11) is -0.873. The van der Waals surface area contributed by atoms with Crippen molar-refractivity contribution in [3.63, 3.8) is 0 Å². The molecule has 0 saturated heterocycles. The highest BCUT2D eigenvalue weighted by Gasteiger charge is 2.32. The zero-order valence-corrected chi connectivity index (χ0v) is 21.2. The Labute approximate surface area is 204 Å². The first-order valence-electron chi connectivity index (χ1n) is 10.1. The molecule has 0 saturated carbocycles. The van der Waals surface area contributed by atoms with E-state index in [-0.39, 0.29) is 28.2 Å². The maximum Gasteiger partial charge on any atom is 0.244 e. The highest BCUT2D eigenvalue weighted by atomic mass is 35.5. The number of methoxy groups -OCH3 is 1. The minimum absolute atomic E-state index is 0.0809. The molecule has 2 aromatic rings. The topological polar surface area (TPSA) is 96.0 Å². The molecule has 0 bridgehead atoms. The molecule has 180 valence electrons. The Morgan fingerprint density at radius 2 is 1.76 bits per heavy atom. The summed E-state index contributed by atoms with van der Waals surface area (Å²) in [6.07, 6.45) is 1.31. The van der Waals surface area contributed by atoms with Crippen LogP contribution in [0.5, 0.6) is 5.75 Å². The third-order valence-electron chi connectivity index (χ3n) is 5.00. The van der Waals surface area contributed by atoms with Crippen LogP contribution in [-0.2, 0) is 26.2 Å². The number of halogens is 2. The average Bonchev–Trinajstić information content (AvgIpc) is 2.78. The summed E-state index contributed by atoms with van der Waals surface area (Å²) in [4.78, 5) is 27.4. The number of carbonyl (C=O) groups is 2. The molecular formula is C22H27Cl2N3O5S. The number of amides is 2. The van der Waals surface area contributed by atoms with Crippen LogP contribution in [0.2, 0.25) is 10.0 Å². The molecule has 0 aliphatic carbocycles. The number of hydrogen-bond donors (Lipinski definition) is 1. The summed E-state index contributed by atoms with van der Waals surface area (Å²) in [5.41, 5.74) is 0.829. The molecule has 1 atom stereocenters. The van der Waals surface area contributed by atoms with Crippen LogP contribution in [0.15, 0.2) is 42.5 Å². The zero-order valence-electron chi connectivity index (χ0n) is 18.8. The van der Waals surface area contributed by atoms with Gasteiger partial charge in [-0.15, -0.1) is 0 Å². The number of nitrogens with one attached hydrogen (secondary N) is 1. The van der Waals surface area contributed by atoms with Crippen LogP contribution in [0, 0.1) is 0 Å². The summed E-state index contributed by atoms with van der Waals surface area (Å²) in [6.45, 7) is 1.31. The van der Waals surface area contributed by atoms with E-state index >= 15 is 0 Å². The molecule has 0 fully saturated rings. The van der Waals surface area contributed by atoms with Crippen LogP contribution >= 0.6 is 23.2 Å². The number of benzene rings is 2. The zero-order chi connectivity index (χ0) is 24.8. The SMILES string of the molecule is CC[C@H](C(=O)NC)N(Cc1ccc(OC)cc1)C(=O)CN(c1cc(Cl)ccc1Cl)S(C)(=O)=O. The Hall–Kier alpha value is -2.49. The Bertz CT molecular complexity index is 1090. The molecular weight excluding hydrogens is 489 g/mol. The molecule has 0 aromatic heterocycles. The van der Waals surface area contributed by atoms with Crippen molar-refractivity contribution in [3.8, 4) is 5.75 Å². The maximum absolute atomic E-state index is 13.5. The van der Waals surface area contributed by atoms with Crippen molar-refractivity contribution in [1.29, 1.82) is 0 Å². The van der Waals surface area contributed by atoms with Gasteiger partial charge in [0.15, 0.2) is 0 Å². The largest absolute Gasteiger partial charge is 0.497 e. The monoisotopic (exact) mass is 515 g/mol. The van der Waals surface area contributed by atoms with E-state index in [9.17, 15) is 18.0 Å². The third-order valence-corrected chi connectivity index (χ3v) is 6.68. The van der Waals surface area contributed by atoms with Crippen LogP contribution in [0.4, 0.5) is 5.69 Å². The van der Waals surface area contributed by atoms with Crippen LogP contribution in [0.25, 0.3) is 0 Å². The van der Waals surface area contributed by atoms with Gasteiger partial charge in [0.2, 0.25) is 21.8 Å². The second-order valence-electron chi connectivity index (χ2n) is 7.27. The summed E-state index contributed by atoms with van der Waals surface area (Å²) in [5, 5.41) is 2.95. The van der Waals surface area contributed by atoms with E-state index in [0.29, 0.717) is 12.2 Å². The number of ether oxygens (including phenoxy) is 1. The lowest BCUT2D eigenvalue weighted by Crippen LogP contribution is -2.51. The number of carbonyl (C=O) groups excluding carboxylic acids is 2. The summed E-state index contributed by atoms with van der Waals surface area (Å²) in [6, 6.07) is 10.6. The van der Waals surface area contributed by atoms with Gasteiger partial charge < -0.3 is 15.0 Å². The molecule has 1 N–H and O–H groups in total. The van der Waals surface area contributed by atoms with E-state index in [1.807, 2.05) is 0 Å². The van der Waals surface area contributed by atoms with Crippen LogP contribution in [0.1, 0.15) is 18.9 Å². The quantitative estimate of drug-likeness (QED) is 0.523. The lowest BCUT2D eigenvalue weighted by atomic mass is 10.1. The molecule has 33 heavy (non-hydrogen) atoms. The number of likely N-dealkylation sites (N-methyl/N-ethyl adjacent to an activating group) is 1. The van der Waals surface area contributed by atoms with Gasteiger partial charge in [-0.05, 0) is 42.3 Å². The maximum atomic E-state index is 13.5. The van der Waals surface area contributed by atoms with Gasteiger partial charge in [0.1, 0.15) is 18.3 Å². The predicted octanol–water partition coefficient (Wildman–Crippen LogP) is 3.32.